The maximum absolute atomic E-state index is 12.0. The van der Waals surface area contributed by atoms with Crippen molar-refractivity contribution in [3.05, 3.63) is 29.3 Å². The van der Waals surface area contributed by atoms with Gasteiger partial charge in [-0.05, 0) is 19.1 Å². The van der Waals surface area contributed by atoms with Crippen molar-refractivity contribution < 1.29 is 14.3 Å². The van der Waals surface area contributed by atoms with Crippen molar-refractivity contribution in [1.29, 1.82) is 0 Å². The highest BCUT2D eigenvalue weighted by Crippen LogP contribution is 2.32. The van der Waals surface area contributed by atoms with E-state index < -0.39 is 17.5 Å². The van der Waals surface area contributed by atoms with Crippen LogP contribution in [0.4, 0.5) is 4.79 Å². The van der Waals surface area contributed by atoms with Gasteiger partial charge < -0.3 is 15.8 Å². The van der Waals surface area contributed by atoms with Crippen molar-refractivity contribution in [3.8, 4) is 5.75 Å². The number of hydrogen-bond acceptors (Lipinski definition) is 4. The molecule has 2 rings (SSSR count). The molecule has 18 heavy (non-hydrogen) atoms. The lowest BCUT2D eigenvalue weighted by Gasteiger charge is -2.26. The molecule has 96 valence electrons. The Morgan fingerprint density at radius 3 is 2.61 bits per heavy atom. The van der Waals surface area contributed by atoms with Crippen LogP contribution in [0.5, 0.6) is 5.75 Å². The van der Waals surface area contributed by atoms with Crippen molar-refractivity contribution in [3.63, 3.8) is 0 Å². The monoisotopic (exact) mass is 249 g/mol. The van der Waals surface area contributed by atoms with Crippen LogP contribution >= 0.6 is 0 Å². The lowest BCUT2D eigenvalue weighted by atomic mass is 9.88. The molecule has 0 aromatic heterocycles. The molecular formula is C12H15N3O3. The molecule has 0 bridgehead atoms. The number of ether oxygens (including phenoxy) is 1. The zero-order chi connectivity index (χ0) is 13.3. The van der Waals surface area contributed by atoms with Gasteiger partial charge >= 0.3 is 6.03 Å². The molecule has 1 aromatic rings. The largest absolute Gasteiger partial charge is 0.496 e. The number of hydrogen-bond donors (Lipinski definition) is 3. The Kier molecular flexibility index (Phi) is 2.96. The van der Waals surface area contributed by atoms with Crippen molar-refractivity contribution in [2.24, 2.45) is 5.73 Å². The molecule has 3 amide bonds. The van der Waals surface area contributed by atoms with E-state index in [-0.39, 0.29) is 6.54 Å². The molecule has 1 atom stereocenters. The number of rotatable bonds is 3. The molecule has 0 spiro atoms. The molecule has 1 heterocycles. The van der Waals surface area contributed by atoms with Gasteiger partial charge in [0.25, 0.3) is 5.91 Å². The first-order valence-electron chi connectivity index (χ1n) is 5.52. The number of carbonyl (C=O) groups is 2. The summed E-state index contributed by atoms with van der Waals surface area (Å²) in [6.07, 6.45) is 0. The Bertz CT molecular complexity index is 515. The van der Waals surface area contributed by atoms with Gasteiger partial charge in [0.1, 0.15) is 5.75 Å². The van der Waals surface area contributed by atoms with Crippen molar-refractivity contribution in [1.82, 2.24) is 10.6 Å². The SMILES string of the molecule is COc1ccc(C)cc1C1(CN)NC(=O)NC1=O. The van der Waals surface area contributed by atoms with Gasteiger partial charge in [-0.1, -0.05) is 11.6 Å². The van der Waals surface area contributed by atoms with Gasteiger partial charge in [0.05, 0.1) is 7.11 Å². The Balaban J connectivity index is 2.61. The second-order valence-electron chi connectivity index (χ2n) is 4.22. The third-order valence-corrected chi connectivity index (χ3v) is 3.06. The number of carbonyl (C=O) groups excluding carboxylic acids is 2. The number of methoxy groups -OCH3 is 1. The lowest BCUT2D eigenvalue weighted by Crippen LogP contribution is -2.50. The number of nitrogens with two attached hydrogens (primary N) is 1. The Hall–Kier alpha value is -2.08. The van der Waals surface area contributed by atoms with Crippen molar-refractivity contribution in [2.45, 2.75) is 12.5 Å². The van der Waals surface area contributed by atoms with Crippen LogP contribution in [0.3, 0.4) is 0 Å². The molecule has 6 heteroatoms. The van der Waals surface area contributed by atoms with E-state index >= 15 is 0 Å². The summed E-state index contributed by atoms with van der Waals surface area (Å²) in [6.45, 7) is 1.85. The highest BCUT2D eigenvalue weighted by molar-refractivity contribution is 6.08. The molecule has 1 aliphatic heterocycles. The van der Waals surface area contributed by atoms with Crippen molar-refractivity contribution in [2.75, 3.05) is 13.7 Å². The van der Waals surface area contributed by atoms with E-state index in [9.17, 15) is 9.59 Å². The minimum atomic E-state index is -1.26. The van der Waals surface area contributed by atoms with Gasteiger partial charge in [-0.2, -0.15) is 0 Å². The molecule has 1 saturated heterocycles. The summed E-state index contributed by atoms with van der Waals surface area (Å²) in [4.78, 5) is 23.3. The van der Waals surface area contributed by atoms with Gasteiger partial charge in [0, 0.05) is 12.1 Å². The van der Waals surface area contributed by atoms with Crippen LogP contribution in [-0.2, 0) is 10.3 Å². The molecule has 0 aliphatic carbocycles. The Morgan fingerprint density at radius 1 is 1.39 bits per heavy atom. The predicted octanol–water partition coefficient (Wildman–Crippen LogP) is -0.00298. The van der Waals surface area contributed by atoms with E-state index in [4.69, 9.17) is 10.5 Å². The van der Waals surface area contributed by atoms with E-state index in [1.807, 2.05) is 13.0 Å². The first kappa shape index (κ1) is 12.4. The number of imide groups is 1. The minimum absolute atomic E-state index is 0.0373. The number of urea groups is 1. The summed E-state index contributed by atoms with van der Waals surface area (Å²) >= 11 is 0. The topological polar surface area (TPSA) is 93.4 Å². The molecule has 6 nitrogen and oxygen atoms in total. The molecule has 4 N–H and O–H groups in total. The Labute approximate surface area is 104 Å². The molecule has 1 aromatic carbocycles. The molecule has 0 saturated carbocycles. The van der Waals surface area contributed by atoms with Gasteiger partial charge in [0.2, 0.25) is 0 Å². The highest BCUT2D eigenvalue weighted by atomic mass is 16.5. The summed E-state index contributed by atoms with van der Waals surface area (Å²) in [5.41, 5.74) is 5.96. The number of benzene rings is 1. The maximum atomic E-state index is 12.0. The maximum Gasteiger partial charge on any atom is 0.322 e. The van der Waals surface area contributed by atoms with Crippen LogP contribution < -0.4 is 21.1 Å². The minimum Gasteiger partial charge on any atom is -0.496 e. The second kappa shape index (κ2) is 4.30. The Morgan fingerprint density at radius 2 is 2.11 bits per heavy atom. The van der Waals surface area contributed by atoms with E-state index in [1.54, 1.807) is 12.1 Å². The van der Waals surface area contributed by atoms with Crippen LogP contribution in [0.15, 0.2) is 18.2 Å². The fourth-order valence-electron chi connectivity index (χ4n) is 2.09. The number of amides is 3. The summed E-state index contributed by atoms with van der Waals surface area (Å²) < 4.78 is 5.24. The predicted molar refractivity (Wildman–Crippen MR) is 65.1 cm³/mol. The average Bonchev–Trinajstić information content (AvgIpc) is 2.64. The lowest BCUT2D eigenvalue weighted by molar-refractivity contribution is -0.124. The third kappa shape index (κ3) is 1.70. The van der Waals surface area contributed by atoms with E-state index in [1.165, 1.54) is 7.11 Å². The van der Waals surface area contributed by atoms with E-state index in [0.717, 1.165) is 5.56 Å². The summed E-state index contributed by atoms with van der Waals surface area (Å²) in [5.74, 6) is 0.0577. The van der Waals surface area contributed by atoms with Gasteiger partial charge in [0.15, 0.2) is 5.54 Å². The first-order chi connectivity index (χ1) is 8.53. The third-order valence-electron chi connectivity index (χ3n) is 3.06. The molecular weight excluding hydrogens is 234 g/mol. The fourth-order valence-corrected chi connectivity index (χ4v) is 2.09. The fraction of sp³-hybridized carbons (Fsp3) is 0.333. The number of aryl methyl sites for hydroxylation is 1. The smallest absolute Gasteiger partial charge is 0.322 e. The van der Waals surface area contributed by atoms with Crippen molar-refractivity contribution >= 4 is 11.9 Å². The molecule has 1 unspecified atom stereocenters. The zero-order valence-corrected chi connectivity index (χ0v) is 10.2. The highest BCUT2D eigenvalue weighted by Gasteiger charge is 2.48. The second-order valence-corrected chi connectivity index (χ2v) is 4.22. The number of nitrogens with one attached hydrogen (secondary N) is 2. The average molecular weight is 249 g/mol. The van der Waals surface area contributed by atoms with Crippen LogP contribution in [0.25, 0.3) is 0 Å². The van der Waals surface area contributed by atoms with Crippen LogP contribution in [0.2, 0.25) is 0 Å². The normalized spacial score (nSPS) is 22.6. The van der Waals surface area contributed by atoms with Gasteiger partial charge in [-0.3, -0.25) is 10.1 Å². The van der Waals surface area contributed by atoms with E-state index in [0.29, 0.717) is 11.3 Å². The first-order valence-corrected chi connectivity index (χ1v) is 5.52. The zero-order valence-electron chi connectivity index (χ0n) is 10.2. The van der Waals surface area contributed by atoms with Gasteiger partial charge in [-0.25, -0.2) is 4.79 Å². The molecule has 1 aliphatic rings. The van der Waals surface area contributed by atoms with Crippen LogP contribution in [0.1, 0.15) is 11.1 Å². The van der Waals surface area contributed by atoms with E-state index in [2.05, 4.69) is 10.6 Å². The van der Waals surface area contributed by atoms with Crippen LogP contribution in [0, 0.1) is 6.92 Å². The van der Waals surface area contributed by atoms with Gasteiger partial charge in [-0.15, -0.1) is 0 Å². The summed E-state index contributed by atoms with van der Waals surface area (Å²) in [7, 11) is 1.51. The summed E-state index contributed by atoms with van der Waals surface area (Å²) in [5, 5.41) is 4.78. The van der Waals surface area contributed by atoms with Crippen LogP contribution in [-0.4, -0.2) is 25.6 Å². The quantitative estimate of drug-likeness (QED) is 0.657. The molecule has 1 fully saturated rings. The summed E-state index contributed by atoms with van der Waals surface area (Å²) in [6, 6.07) is 4.85. The standard InChI is InChI=1S/C12H15N3O3/c1-7-3-4-9(18-2)8(5-7)12(6-13)10(16)14-11(17)15-12/h3-5H,6,13H2,1-2H3,(H2,14,15,16,17). The molecule has 0 radical (unpaired) electrons.